The van der Waals surface area contributed by atoms with E-state index in [1.54, 1.807) is 17.7 Å². The summed E-state index contributed by atoms with van der Waals surface area (Å²) in [5.41, 5.74) is 5.50. The van der Waals surface area contributed by atoms with Crippen molar-refractivity contribution in [3.63, 3.8) is 0 Å². The molecule has 3 heterocycles. The maximum Gasteiger partial charge on any atom is 0.357 e. The summed E-state index contributed by atoms with van der Waals surface area (Å²) in [5, 5.41) is 15.5. The minimum atomic E-state index is -0.457. The standard InChI is InChI=1S/C26H26N4O3/c1-3-33-26(32)23-15-22(18-9-11-19(12-10-18)29-14-13-21(31)16-29)24-17(2)28-30(25(24)27-23)20-7-5-4-6-8-20/h4-12,15,21,31H,3,13-14,16H2,1-2H3. The van der Waals surface area contributed by atoms with Gasteiger partial charge in [-0.3, -0.25) is 0 Å². The lowest BCUT2D eigenvalue weighted by Gasteiger charge is -2.18. The molecule has 1 atom stereocenters. The number of fused-ring (bicyclic) bond motifs is 1. The molecule has 1 aliphatic rings. The molecule has 0 spiro atoms. The maximum absolute atomic E-state index is 12.6. The summed E-state index contributed by atoms with van der Waals surface area (Å²) < 4.78 is 7.03. The second kappa shape index (κ2) is 8.67. The summed E-state index contributed by atoms with van der Waals surface area (Å²) in [5.74, 6) is -0.457. The summed E-state index contributed by atoms with van der Waals surface area (Å²) in [7, 11) is 0. The zero-order valence-corrected chi connectivity index (χ0v) is 18.7. The molecule has 1 N–H and O–H groups in total. The number of carbonyl (C=O) groups is 1. The lowest BCUT2D eigenvalue weighted by Crippen LogP contribution is -2.20. The first kappa shape index (κ1) is 21.2. The van der Waals surface area contributed by atoms with E-state index in [0.29, 0.717) is 12.2 Å². The van der Waals surface area contributed by atoms with Gasteiger partial charge in [-0.15, -0.1) is 0 Å². The lowest BCUT2D eigenvalue weighted by atomic mass is 10.0. The van der Waals surface area contributed by atoms with Gasteiger partial charge in [0.1, 0.15) is 0 Å². The van der Waals surface area contributed by atoms with E-state index >= 15 is 0 Å². The van der Waals surface area contributed by atoms with E-state index in [1.165, 1.54) is 0 Å². The van der Waals surface area contributed by atoms with Gasteiger partial charge in [-0.1, -0.05) is 30.3 Å². The quantitative estimate of drug-likeness (QED) is 0.468. The third-order valence-electron chi connectivity index (χ3n) is 6.00. The number of pyridine rings is 1. The number of aryl methyl sites for hydroxylation is 1. The molecule has 1 saturated heterocycles. The molecule has 33 heavy (non-hydrogen) atoms. The average molecular weight is 443 g/mol. The predicted molar refractivity (Wildman–Crippen MR) is 128 cm³/mol. The fourth-order valence-electron chi connectivity index (χ4n) is 4.40. The molecule has 4 aromatic rings. The highest BCUT2D eigenvalue weighted by molar-refractivity contribution is 6.00. The number of aliphatic hydroxyl groups excluding tert-OH is 1. The van der Waals surface area contributed by atoms with Crippen molar-refractivity contribution in [2.45, 2.75) is 26.4 Å². The van der Waals surface area contributed by atoms with E-state index in [2.05, 4.69) is 22.0 Å². The van der Waals surface area contributed by atoms with Gasteiger partial charge >= 0.3 is 5.97 Å². The molecule has 2 aromatic carbocycles. The number of ether oxygens (including phenoxy) is 1. The van der Waals surface area contributed by atoms with Crippen molar-refractivity contribution in [2.24, 2.45) is 0 Å². The zero-order chi connectivity index (χ0) is 22.9. The zero-order valence-electron chi connectivity index (χ0n) is 18.7. The van der Waals surface area contributed by atoms with Crippen LogP contribution in [0.3, 0.4) is 0 Å². The Kier molecular flexibility index (Phi) is 5.56. The Hall–Kier alpha value is -3.71. The number of rotatable bonds is 5. The van der Waals surface area contributed by atoms with Crippen LogP contribution in [0, 0.1) is 6.92 Å². The Labute approximate surface area is 192 Å². The predicted octanol–water partition coefficient (Wildman–Crippen LogP) is 4.14. The molecule has 0 aliphatic carbocycles. The Morgan fingerprint density at radius 2 is 1.88 bits per heavy atom. The second-order valence-electron chi connectivity index (χ2n) is 8.24. The molecule has 1 aliphatic heterocycles. The van der Waals surface area contributed by atoms with Gasteiger partial charge in [0.05, 0.1) is 29.5 Å². The molecule has 7 nitrogen and oxygen atoms in total. The third-order valence-corrected chi connectivity index (χ3v) is 6.00. The molecule has 0 saturated carbocycles. The van der Waals surface area contributed by atoms with Gasteiger partial charge in [-0.2, -0.15) is 5.10 Å². The van der Waals surface area contributed by atoms with E-state index in [1.807, 2.05) is 49.4 Å². The van der Waals surface area contributed by atoms with Gasteiger partial charge in [-0.25, -0.2) is 14.5 Å². The number of hydrogen-bond donors (Lipinski definition) is 1. The number of aromatic nitrogens is 3. The van der Waals surface area contributed by atoms with E-state index in [9.17, 15) is 9.90 Å². The Bertz CT molecular complexity index is 1300. The molecule has 7 heteroatoms. The van der Waals surface area contributed by atoms with Crippen LogP contribution in [0.1, 0.15) is 29.5 Å². The van der Waals surface area contributed by atoms with Crippen LogP contribution >= 0.6 is 0 Å². The number of β-amino-alcohol motifs (C(OH)–C–C–N with tert-alkyl or cyclic N) is 1. The normalized spacial score (nSPS) is 15.8. The molecule has 0 radical (unpaired) electrons. The van der Waals surface area contributed by atoms with Crippen molar-refractivity contribution in [1.82, 2.24) is 14.8 Å². The fraction of sp³-hybridized carbons (Fsp3) is 0.269. The molecule has 5 rings (SSSR count). The number of benzene rings is 2. The van der Waals surface area contributed by atoms with Crippen LogP contribution in [-0.4, -0.2) is 51.6 Å². The summed E-state index contributed by atoms with van der Waals surface area (Å²) in [6.07, 6.45) is 0.510. The number of nitrogens with zero attached hydrogens (tertiary/aromatic N) is 4. The smallest absolute Gasteiger partial charge is 0.357 e. The molecule has 0 bridgehead atoms. The van der Waals surface area contributed by atoms with E-state index < -0.39 is 5.97 Å². The first-order valence-corrected chi connectivity index (χ1v) is 11.2. The molecular weight excluding hydrogens is 416 g/mol. The van der Waals surface area contributed by atoms with Crippen LogP contribution in [0.15, 0.2) is 60.7 Å². The van der Waals surface area contributed by atoms with Crippen LogP contribution in [0.5, 0.6) is 0 Å². The van der Waals surface area contributed by atoms with Crippen molar-refractivity contribution >= 4 is 22.7 Å². The van der Waals surface area contributed by atoms with Gasteiger partial charge < -0.3 is 14.7 Å². The summed E-state index contributed by atoms with van der Waals surface area (Å²) in [6.45, 7) is 5.51. The summed E-state index contributed by atoms with van der Waals surface area (Å²) in [4.78, 5) is 19.5. The highest BCUT2D eigenvalue weighted by Gasteiger charge is 2.22. The van der Waals surface area contributed by atoms with Crippen molar-refractivity contribution in [1.29, 1.82) is 0 Å². The van der Waals surface area contributed by atoms with Crippen LogP contribution < -0.4 is 4.90 Å². The minimum Gasteiger partial charge on any atom is -0.461 e. The van der Waals surface area contributed by atoms with E-state index in [-0.39, 0.29) is 18.4 Å². The van der Waals surface area contributed by atoms with Gasteiger partial charge in [-0.05, 0) is 61.7 Å². The van der Waals surface area contributed by atoms with E-state index in [0.717, 1.165) is 46.5 Å². The first-order valence-electron chi connectivity index (χ1n) is 11.2. The largest absolute Gasteiger partial charge is 0.461 e. The first-order chi connectivity index (χ1) is 16.0. The van der Waals surface area contributed by atoms with Crippen molar-refractivity contribution in [2.75, 3.05) is 24.6 Å². The third kappa shape index (κ3) is 3.96. The Morgan fingerprint density at radius 1 is 1.12 bits per heavy atom. The molecule has 1 unspecified atom stereocenters. The lowest BCUT2D eigenvalue weighted by molar-refractivity contribution is 0.0520. The highest BCUT2D eigenvalue weighted by Crippen LogP contribution is 2.34. The van der Waals surface area contributed by atoms with Crippen molar-refractivity contribution in [3.8, 4) is 16.8 Å². The Morgan fingerprint density at radius 3 is 2.55 bits per heavy atom. The van der Waals surface area contributed by atoms with Crippen LogP contribution in [-0.2, 0) is 4.74 Å². The SMILES string of the molecule is CCOC(=O)c1cc(-c2ccc(N3CCC(O)C3)cc2)c2c(C)nn(-c3ccccc3)c2n1. The highest BCUT2D eigenvalue weighted by atomic mass is 16.5. The van der Waals surface area contributed by atoms with Crippen LogP contribution in [0.25, 0.3) is 27.8 Å². The molecule has 1 fully saturated rings. The maximum atomic E-state index is 12.6. The number of esters is 1. The topological polar surface area (TPSA) is 80.5 Å². The monoisotopic (exact) mass is 442 g/mol. The summed E-state index contributed by atoms with van der Waals surface area (Å²) in [6, 6.07) is 19.8. The number of aliphatic hydroxyl groups is 1. The molecular formula is C26H26N4O3. The van der Waals surface area contributed by atoms with Crippen LogP contribution in [0.2, 0.25) is 0 Å². The Balaban J connectivity index is 1.66. The van der Waals surface area contributed by atoms with Crippen molar-refractivity contribution < 1.29 is 14.6 Å². The van der Waals surface area contributed by atoms with E-state index in [4.69, 9.17) is 9.84 Å². The number of para-hydroxylation sites is 1. The fourth-order valence-corrected chi connectivity index (χ4v) is 4.40. The minimum absolute atomic E-state index is 0.253. The average Bonchev–Trinajstić information content (AvgIpc) is 3.42. The van der Waals surface area contributed by atoms with Gasteiger partial charge in [0.25, 0.3) is 0 Å². The number of hydrogen-bond acceptors (Lipinski definition) is 6. The molecule has 168 valence electrons. The molecule has 0 amide bonds. The van der Waals surface area contributed by atoms with Crippen molar-refractivity contribution in [3.05, 3.63) is 72.1 Å². The summed E-state index contributed by atoms with van der Waals surface area (Å²) >= 11 is 0. The molecule has 2 aromatic heterocycles. The number of anilines is 1. The van der Waals surface area contributed by atoms with Gasteiger partial charge in [0.15, 0.2) is 11.3 Å². The van der Waals surface area contributed by atoms with Crippen LogP contribution in [0.4, 0.5) is 5.69 Å². The van der Waals surface area contributed by atoms with Gasteiger partial charge in [0, 0.05) is 18.8 Å². The second-order valence-corrected chi connectivity index (χ2v) is 8.24. The number of carbonyl (C=O) groups excluding carboxylic acids is 1. The van der Waals surface area contributed by atoms with Gasteiger partial charge in [0.2, 0.25) is 0 Å².